The van der Waals surface area contributed by atoms with Crippen molar-refractivity contribution < 1.29 is 19.4 Å². The molecule has 128 valence electrons. The molecule has 0 spiro atoms. The zero-order valence-corrected chi connectivity index (χ0v) is 14.0. The minimum atomic E-state index is -0.862. The SMILES string of the molecule is O=C(NCC(C(=O)O)C1CCOCC1)c1sccc1-n1cccc1. The van der Waals surface area contributed by atoms with Crippen LogP contribution < -0.4 is 5.32 Å². The Kier molecular flexibility index (Phi) is 5.32. The molecule has 6 nitrogen and oxygen atoms in total. The highest BCUT2D eigenvalue weighted by molar-refractivity contribution is 7.12. The lowest BCUT2D eigenvalue weighted by Crippen LogP contribution is -2.39. The number of rotatable bonds is 6. The monoisotopic (exact) mass is 348 g/mol. The Morgan fingerprint density at radius 1 is 1.33 bits per heavy atom. The molecule has 7 heteroatoms. The molecule has 0 aliphatic carbocycles. The van der Waals surface area contributed by atoms with Crippen molar-refractivity contribution in [2.45, 2.75) is 12.8 Å². The summed E-state index contributed by atoms with van der Waals surface area (Å²) in [6.45, 7) is 1.32. The Balaban J connectivity index is 1.66. The van der Waals surface area contributed by atoms with Gasteiger partial charge in [0, 0.05) is 32.2 Å². The number of nitrogens with zero attached hydrogens (tertiary/aromatic N) is 1. The summed E-state index contributed by atoms with van der Waals surface area (Å²) < 4.78 is 7.16. The van der Waals surface area contributed by atoms with Crippen LogP contribution in [-0.4, -0.2) is 41.3 Å². The van der Waals surface area contributed by atoms with Crippen LogP contribution in [0, 0.1) is 11.8 Å². The molecule has 0 saturated carbocycles. The largest absolute Gasteiger partial charge is 0.481 e. The van der Waals surface area contributed by atoms with Gasteiger partial charge in [0.15, 0.2) is 0 Å². The van der Waals surface area contributed by atoms with E-state index in [1.54, 1.807) is 0 Å². The molecule has 0 radical (unpaired) electrons. The van der Waals surface area contributed by atoms with Crippen LogP contribution in [0.4, 0.5) is 0 Å². The molecule has 1 aliphatic rings. The summed E-state index contributed by atoms with van der Waals surface area (Å²) in [5, 5.41) is 14.1. The van der Waals surface area contributed by atoms with E-state index in [-0.39, 0.29) is 18.4 Å². The number of aliphatic carboxylic acids is 1. The lowest BCUT2D eigenvalue weighted by atomic mass is 9.86. The van der Waals surface area contributed by atoms with Gasteiger partial charge in [-0.15, -0.1) is 11.3 Å². The highest BCUT2D eigenvalue weighted by atomic mass is 32.1. The lowest BCUT2D eigenvalue weighted by molar-refractivity contribution is -0.144. The molecular formula is C17H20N2O4S. The molecule has 1 aliphatic heterocycles. The average Bonchev–Trinajstić information content (AvgIpc) is 3.26. The summed E-state index contributed by atoms with van der Waals surface area (Å²) in [4.78, 5) is 24.6. The highest BCUT2D eigenvalue weighted by Gasteiger charge is 2.30. The number of thiophene rings is 1. The van der Waals surface area contributed by atoms with Gasteiger partial charge in [0.05, 0.1) is 11.6 Å². The second-order valence-electron chi connectivity index (χ2n) is 5.83. The van der Waals surface area contributed by atoms with Crippen molar-refractivity contribution in [3.8, 4) is 5.69 Å². The highest BCUT2D eigenvalue weighted by Crippen LogP contribution is 2.25. The van der Waals surface area contributed by atoms with Crippen molar-refractivity contribution >= 4 is 23.2 Å². The van der Waals surface area contributed by atoms with Gasteiger partial charge in [-0.2, -0.15) is 0 Å². The standard InChI is InChI=1S/C17H20N2O4S/c20-16(15-14(5-10-24-15)19-6-1-2-7-19)18-11-13(17(21)22)12-3-8-23-9-4-12/h1-2,5-7,10,12-13H,3-4,8-9,11H2,(H,18,20)(H,21,22). The number of carbonyl (C=O) groups excluding carboxylic acids is 1. The summed E-state index contributed by atoms with van der Waals surface area (Å²) in [7, 11) is 0. The zero-order chi connectivity index (χ0) is 16.9. The van der Waals surface area contributed by atoms with E-state index in [0.717, 1.165) is 18.5 Å². The first-order chi connectivity index (χ1) is 11.7. The van der Waals surface area contributed by atoms with Crippen LogP contribution in [0.5, 0.6) is 0 Å². The Morgan fingerprint density at radius 2 is 2.04 bits per heavy atom. The molecule has 1 saturated heterocycles. The van der Waals surface area contributed by atoms with Crippen LogP contribution >= 0.6 is 11.3 Å². The van der Waals surface area contributed by atoms with Crippen LogP contribution in [0.1, 0.15) is 22.5 Å². The fourth-order valence-electron chi connectivity index (χ4n) is 3.03. The van der Waals surface area contributed by atoms with Crippen molar-refractivity contribution in [3.63, 3.8) is 0 Å². The molecular weight excluding hydrogens is 328 g/mol. The van der Waals surface area contributed by atoms with Gasteiger partial charge in [-0.1, -0.05) is 0 Å². The molecule has 0 aromatic carbocycles. The lowest BCUT2D eigenvalue weighted by Gasteiger charge is -2.27. The van der Waals surface area contributed by atoms with Crippen molar-refractivity contribution in [2.24, 2.45) is 11.8 Å². The zero-order valence-electron chi connectivity index (χ0n) is 13.2. The van der Waals surface area contributed by atoms with Gasteiger partial charge in [0.1, 0.15) is 4.88 Å². The smallest absolute Gasteiger partial charge is 0.308 e. The second-order valence-corrected chi connectivity index (χ2v) is 6.75. The number of aromatic nitrogens is 1. The Labute approximate surface area is 144 Å². The summed E-state index contributed by atoms with van der Waals surface area (Å²) in [5.41, 5.74) is 0.806. The van der Waals surface area contributed by atoms with E-state index in [0.29, 0.717) is 18.1 Å². The maximum atomic E-state index is 12.5. The first-order valence-corrected chi connectivity index (χ1v) is 8.84. The van der Waals surface area contributed by atoms with E-state index in [2.05, 4.69) is 5.32 Å². The fraction of sp³-hybridized carbons (Fsp3) is 0.412. The Morgan fingerprint density at radius 3 is 2.71 bits per heavy atom. The van der Waals surface area contributed by atoms with Crippen LogP contribution in [0.2, 0.25) is 0 Å². The topological polar surface area (TPSA) is 80.6 Å². The summed E-state index contributed by atoms with van der Waals surface area (Å²) in [6.07, 6.45) is 5.20. The quantitative estimate of drug-likeness (QED) is 0.840. The molecule has 3 heterocycles. The maximum absolute atomic E-state index is 12.5. The molecule has 1 atom stereocenters. The molecule has 0 bridgehead atoms. The summed E-state index contributed by atoms with van der Waals surface area (Å²) in [6, 6.07) is 5.67. The van der Waals surface area contributed by atoms with Crippen molar-refractivity contribution in [1.29, 1.82) is 0 Å². The molecule has 1 amide bonds. The molecule has 2 N–H and O–H groups in total. The predicted molar refractivity (Wildman–Crippen MR) is 90.6 cm³/mol. The minimum absolute atomic E-state index is 0.0452. The molecule has 1 unspecified atom stereocenters. The first kappa shape index (κ1) is 16.7. The summed E-state index contributed by atoms with van der Waals surface area (Å²) in [5.74, 6) is -1.62. The van der Waals surface area contributed by atoms with Gasteiger partial charge < -0.3 is 19.7 Å². The number of hydrogen-bond acceptors (Lipinski definition) is 4. The third-order valence-corrected chi connectivity index (χ3v) is 5.27. The fourth-order valence-corrected chi connectivity index (χ4v) is 3.83. The van der Waals surface area contributed by atoms with E-state index in [4.69, 9.17) is 4.74 Å². The van der Waals surface area contributed by atoms with Crippen LogP contribution in [0.25, 0.3) is 5.69 Å². The molecule has 24 heavy (non-hydrogen) atoms. The number of hydrogen-bond donors (Lipinski definition) is 2. The van der Waals surface area contributed by atoms with Gasteiger partial charge in [-0.3, -0.25) is 9.59 Å². The van der Waals surface area contributed by atoms with Crippen molar-refractivity contribution in [2.75, 3.05) is 19.8 Å². The maximum Gasteiger partial charge on any atom is 0.308 e. The molecule has 3 rings (SSSR count). The normalized spacial score (nSPS) is 16.7. The van der Waals surface area contributed by atoms with Gasteiger partial charge in [-0.05, 0) is 42.3 Å². The number of amides is 1. The number of carboxylic acid groups (broad SMARTS) is 1. The number of ether oxygens (including phenoxy) is 1. The van der Waals surface area contributed by atoms with Gasteiger partial charge in [-0.25, -0.2) is 0 Å². The predicted octanol–water partition coefficient (Wildman–Crippen LogP) is 2.40. The second kappa shape index (κ2) is 7.63. The Hall–Kier alpha value is -2.12. The van der Waals surface area contributed by atoms with E-state index >= 15 is 0 Å². The van der Waals surface area contributed by atoms with Crippen LogP contribution in [-0.2, 0) is 9.53 Å². The number of carbonyl (C=O) groups is 2. The van der Waals surface area contributed by atoms with Gasteiger partial charge >= 0.3 is 5.97 Å². The third kappa shape index (κ3) is 3.68. The summed E-state index contributed by atoms with van der Waals surface area (Å²) >= 11 is 1.35. The molecule has 1 fully saturated rings. The number of nitrogens with one attached hydrogen (secondary N) is 1. The van der Waals surface area contributed by atoms with Gasteiger partial charge in [0.25, 0.3) is 5.91 Å². The van der Waals surface area contributed by atoms with E-state index in [1.165, 1.54) is 11.3 Å². The van der Waals surface area contributed by atoms with Crippen LogP contribution in [0.15, 0.2) is 36.0 Å². The van der Waals surface area contributed by atoms with Crippen molar-refractivity contribution in [1.82, 2.24) is 9.88 Å². The average molecular weight is 348 g/mol. The third-order valence-electron chi connectivity index (χ3n) is 4.37. The van der Waals surface area contributed by atoms with Gasteiger partial charge in [0.2, 0.25) is 0 Å². The molecule has 2 aromatic rings. The number of carboxylic acids is 1. The Bertz CT molecular complexity index is 689. The van der Waals surface area contributed by atoms with Crippen LogP contribution in [0.3, 0.4) is 0 Å². The molecule has 2 aromatic heterocycles. The van der Waals surface area contributed by atoms with E-state index in [1.807, 2.05) is 40.5 Å². The van der Waals surface area contributed by atoms with Crippen molar-refractivity contribution in [3.05, 3.63) is 40.8 Å². The van der Waals surface area contributed by atoms with E-state index < -0.39 is 11.9 Å². The minimum Gasteiger partial charge on any atom is -0.481 e. The van der Waals surface area contributed by atoms with E-state index in [9.17, 15) is 14.7 Å². The first-order valence-electron chi connectivity index (χ1n) is 7.96.